The SMILES string of the molecule is CON=CC(=O)NC1(c2csc(NC(=O)COc3ccccc3)n2)S[C@H]2CC(=O)N2C(C(=O)O)=C1C(C)Sn1ncnn1. The average Bonchev–Trinajstić information content (AvgIpc) is 3.67. The van der Waals surface area contributed by atoms with Gasteiger partial charge in [0.05, 0.1) is 22.7 Å². The third kappa shape index (κ3) is 6.32. The maximum atomic E-state index is 13.1. The van der Waals surface area contributed by atoms with Gasteiger partial charge in [0.1, 0.15) is 24.8 Å². The number of carboxylic acid groups (broad SMARTS) is 1. The number of benzene rings is 1. The Kier molecular flexibility index (Phi) is 8.92. The summed E-state index contributed by atoms with van der Waals surface area (Å²) in [6.07, 6.45) is 2.14. The molecular weight excluding hydrogens is 623 g/mol. The summed E-state index contributed by atoms with van der Waals surface area (Å²) in [5.74, 6) is -2.45. The Morgan fingerprint density at radius 3 is 2.79 bits per heavy atom. The summed E-state index contributed by atoms with van der Waals surface area (Å²) in [6.45, 7) is 1.40. The second-order valence-corrected chi connectivity index (χ2v) is 12.3. The first-order valence-corrected chi connectivity index (χ1v) is 15.0. The molecule has 1 saturated heterocycles. The minimum atomic E-state index is -1.63. The first-order chi connectivity index (χ1) is 20.7. The number of carbonyl (C=O) groups is 4. The number of fused-ring (bicyclic) bond motifs is 1. The molecule has 2 aromatic heterocycles. The lowest BCUT2D eigenvalue weighted by molar-refractivity contribution is -0.146. The number of para-hydroxylation sites is 1. The highest BCUT2D eigenvalue weighted by Crippen LogP contribution is 2.56. The van der Waals surface area contributed by atoms with Crippen molar-refractivity contribution in [2.24, 2.45) is 5.16 Å². The summed E-state index contributed by atoms with van der Waals surface area (Å²) in [5, 5.41) is 31.4. The first-order valence-electron chi connectivity index (χ1n) is 12.4. The largest absolute Gasteiger partial charge is 0.484 e. The van der Waals surface area contributed by atoms with Crippen LogP contribution in [0.1, 0.15) is 19.0 Å². The second-order valence-electron chi connectivity index (χ2n) is 8.82. The Labute approximate surface area is 256 Å². The number of thioether (sulfide) groups is 1. The van der Waals surface area contributed by atoms with Gasteiger partial charge < -0.3 is 20.0 Å². The number of rotatable bonds is 12. The van der Waals surface area contributed by atoms with E-state index in [1.54, 1.807) is 36.6 Å². The van der Waals surface area contributed by atoms with Crippen LogP contribution in [0.3, 0.4) is 0 Å². The molecule has 4 heterocycles. The van der Waals surface area contributed by atoms with Crippen LogP contribution in [0.25, 0.3) is 0 Å². The molecule has 2 aliphatic heterocycles. The first kappa shape index (κ1) is 30.0. The van der Waals surface area contributed by atoms with Gasteiger partial charge >= 0.3 is 5.97 Å². The van der Waals surface area contributed by atoms with Gasteiger partial charge in [-0.2, -0.15) is 0 Å². The van der Waals surface area contributed by atoms with Gasteiger partial charge in [-0.25, -0.2) is 9.78 Å². The maximum absolute atomic E-state index is 13.1. The van der Waals surface area contributed by atoms with Crippen LogP contribution in [0, 0.1) is 0 Å². The molecule has 3 amide bonds. The fourth-order valence-corrected chi connectivity index (χ4v) is 7.92. The number of aromatic nitrogens is 5. The number of nitrogens with zero attached hydrogens (tertiary/aromatic N) is 7. The van der Waals surface area contributed by atoms with Crippen molar-refractivity contribution in [2.75, 3.05) is 19.0 Å². The van der Waals surface area contributed by atoms with Crippen LogP contribution in [0.15, 0.2) is 58.5 Å². The molecule has 2 unspecified atom stereocenters. The third-order valence-electron chi connectivity index (χ3n) is 6.08. The van der Waals surface area contributed by atoms with Crippen LogP contribution < -0.4 is 15.4 Å². The molecule has 0 radical (unpaired) electrons. The van der Waals surface area contributed by atoms with Gasteiger partial charge in [-0.05, 0) is 24.3 Å². The van der Waals surface area contributed by atoms with Gasteiger partial charge in [0.25, 0.3) is 11.8 Å². The molecule has 0 aliphatic carbocycles. The molecule has 0 spiro atoms. The number of thiazole rings is 1. The highest BCUT2D eigenvalue weighted by Gasteiger charge is 2.58. The van der Waals surface area contributed by atoms with Crippen LogP contribution >= 0.6 is 35.0 Å². The molecule has 16 nitrogen and oxygen atoms in total. The summed E-state index contributed by atoms with van der Waals surface area (Å²) in [6, 6.07) is 8.80. The highest BCUT2D eigenvalue weighted by atomic mass is 32.2. The topological polar surface area (TPSA) is 203 Å². The fraction of sp³-hybridized carbons (Fsp3) is 0.292. The fourth-order valence-electron chi connectivity index (χ4n) is 4.39. The second kappa shape index (κ2) is 12.8. The van der Waals surface area contributed by atoms with E-state index in [-0.39, 0.29) is 41.0 Å². The number of hydrogen-bond acceptors (Lipinski definition) is 14. The van der Waals surface area contributed by atoms with Crippen LogP contribution in [-0.2, 0) is 28.9 Å². The number of carboxylic acids is 1. The van der Waals surface area contributed by atoms with E-state index in [2.05, 4.69) is 41.0 Å². The van der Waals surface area contributed by atoms with Gasteiger partial charge in [0, 0.05) is 22.9 Å². The van der Waals surface area contributed by atoms with Gasteiger partial charge in [-0.1, -0.05) is 35.1 Å². The highest BCUT2D eigenvalue weighted by molar-refractivity contribution is 8.01. The molecule has 5 rings (SSSR count). The zero-order valence-corrected chi connectivity index (χ0v) is 24.9. The summed E-state index contributed by atoms with van der Waals surface area (Å²) in [4.78, 5) is 60.0. The molecular formula is C24H23N9O7S3. The Balaban J connectivity index is 1.55. The monoisotopic (exact) mass is 645 g/mol. The summed E-state index contributed by atoms with van der Waals surface area (Å²) < 4.78 is 6.69. The molecule has 1 aromatic carbocycles. The van der Waals surface area contributed by atoms with E-state index in [9.17, 15) is 24.3 Å². The van der Waals surface area contributed by atoms with E-state index in [1.807, 2.05) is 6.07 Å². The third-order valence-corrected chi connectivity index (χ3v) is 9.28. The number of nitrogens with one attached hydrogen (secondary N) is 2. The summed E-state index contributed by atoms with van der Waals surface area (Å²) >= 11 is 3.21. The van der Waals surface area contributed by atoms with Gasteiger partial charge in [0.15, 0.2) is 22.9 Å². The number of oxime groups is 1. The number of anilines is 1. The Morgan fingerprint density at radius 1 is 1.33 bits per heavy atom. The van der Waals surface area contributed by atoms with Crippen molar-refractivity contribution in [3.05, 3.63) is 59.0 Å². The molecule has 1 fully saturated rings. The zero-order chi connectivity index (χ0) is 30.6. The predicted octanol–water partition coefficient (Wildman–Crippen LogP) is 1.28. The molecule has 19 heteroatoms. The van der Waals surface area contributed by atoms with Crippen LogP contribution in [0.4, 0.5) is 5.13 Å². The number of ether oxygens (including phenoxy) is 1. The molecule has 3 N–H and O–H groups in total. The van der Waals surface area contributed by atoms with Crippen LogP contribution in [0.2, 0.25) is 0 Å². The standard InChI is InChI=1S/C24H23N9O7S3/c1-13(43-33-26-12-25-31-33)20-21(22(37)38)32-18(36)8-19(32)42-24(20,30-16(34)9-27-39-2)15-11-41-23(28-15)29-17(35)10-40-14-6-4-3-5-7-14/h3-7,9,11-13,19H,8,10H2,1-2H3,(H,30,34)(H,37,38)(H,28,29,35)/t13?,19-,24?/m0/s1. The van der Waals surface area contributed by atoms with Gasteiger partial charge in [-0.15, -0.1) is 25.7 Å². The summed E-state index contributed by atoms with van der Waals surface area (Å²) in [7, 11) is 1.27. The zero-order valence-electron chi connectivity index (χ0n) is 22.4. The van der Waals surface area contributed by atoms with Gasteiger partial charge in [0.2, 0.25) is 5.91 Å². The summed E-state index contributed by atoms with van der Waals surface area (Å²) in [5.41, 5.74) is 0.0398. The molecule has 43 heavy (non-hydrogen) atoms. The average molecular weight is 646 g/mol. The minimum Gasteiger partial charge on any atom is -0.484 e. The van der Waals surface area contributed by atoms with E-state index in [0.29, 0.717) is 5.75 Å². The molecule has 2 aliphatic rings. The lowest BCUT2D eigenvalue weighted by Crippen LogP contribution is -2.62. The predicted molar refractivity (Wildman–Crippen MR) is 156 cm³/mol. The van der Waals surface area contributed by atoms with Crippen LogP contribution in [0.5, 0.6) is 5.75 Å². The number of aliphatic carboxylic acids is 1. The molecule has 3 aromatic rings. The smallest absolute Gasteiger partial charge is 0.352 e. The van der Waals surface area contributed by atoms with Crippen molar-refractivity contribution in [1.82, 2.24) is 34.8 Å². The normalized spacial score (nSPS) is 20.3. The Bertz CT molecular complexity index is 1580. The van der Waals surface area contributed by atoms with Crippen molar-refractivity contribution in [3.8, 4) is 5.75 Å². The number of amides is 3. The van der Waals surface area contributed by atoms with Crippen LogP contribution in [-0.4, -0.2) is 88.8 Å². The van der Waals surface area contributed by atoms with Crippen molar-refractivity contribution in [1.29, 1.82) is 0 Å². The van der Waals surface area contributed by atoms with E-state index in [0.717, 1.165) is 41.3 Å². The Hall–Kier alpha value is -4.49. The van der Waals surface area contributed by atoms with E-state index in [4.69, 9.17) is 4.74 Å². The van der Waals surface area contributed by atoms with Crippen molar-refractivity contribution in [3.63, 3.8) is 0 Å². The van der Waals surface area contributed by atoms with Crippen molar-refractivity contribution < 1.29 is 33.9 Å². The van der Waals surface area contributed by atoms with E-state index in [1.165, 1.54) is 22.5 Å². The molecule has 224 valence electrons. The van der Waals surface area contributed by atoms with Crippen molar-refractivity contribution >= 4 is 70.1 Å². The lowest BCUT2D eigenvalue weighted by Gasteiger charge is -2.52. The van der Waals surface area contributed by atoms with E-state index < -0.39 is 33.3 Å². The number of β-lactam (4-membered cyclic amide) rings is 1. The maximum Gasteiger partial charge on any atom is 0.352 e. The number of carbonyl (C=O) groups excluding carboxylic acids is 3. The van der Waals surface area contributed by atoms with Gasteiger partial charge in [-0.3, -0.25) is 24.6 Å². The quantitative estimate of drug-likeness (QED) is 0.144. The number of tetrazole rings is 1. The molecule has 3 atom stereocenters. The molecule has 0 saturated carbocycles. The van der Waals surface area contributed by atoms with E-state index >= 15 is 0 Å². The molecule has 0 bridgehead atoms. The lowest BCUT2D eigenvalue weighted by atomic mass is 9.94. The minimum absolute atomic E-state index is 0.0369. The van der Waals surface area contributed by atoms with Crippen molar-refractivity contribution in [2.45, 2.75) is 28.8 Å². The Morgan fingerprint density at radius 2 is 2.12 bits per heavy atom. The number of hydrogen-bond donors (Lipinski definition) is 3.